The van der Waals surface area contributed by atoms with Crippen LogP contribution in [0.25, 0.3) is 5.57 Å². The molecular formula is C20H30O. The van der Waals surface area contributed by atoms with E-state index in [1.165, 1.54) is 11.1 Å². The molecule has 1 aromatic rings. The largest absolute Gasteiger partial charge is 0.388 e. The van der Waals surface area contributed by atoms with Gasteiger partial charge in [0, 0.05) is 0 Å². The van der Waals surface area contributed by atoms with Gasteiger partial charge in [0.05, 0.1) is 6.10 Å². The summed E-state index contributed by atoms with van der Waals surface area (Å²) in [5, 5.41) is 10.3. The van der Waals surface area contributed by atoms with E-state index in [-0.39, 0.29) is 11.5 Å². The highest BCUT2D eigenvalue weighted by Crippen LogP contribution is 2.47. The van der Waals surface area contributed by atoms with Crippen LogP contribution in [-0.2, 0) is 0 Å². The topological polar surface area (TPSA) is 20.2 Å². The highest BCUT2D eigenvalue weighted by molar-refractivity contribution is 5.72. The average molecular weight is 286 g/mol. The summed E-state index contributed by atoms with van der Waals surface area (Å²) in [6.45, 7) is 13.9. The van der Waals surface area contributed by atoms with Gasteiger partial charge in [-0.05, 0) is 46.3 Å². The quantitative estimate of drug-likeness (QED) is 0.749. The molecule has 0 saturated carbocycles. The Balaban J connectivity index is 2.46. The number of rotatable bonds is 2. The average Bonchev–Trinajstić information content (AvgIpc) is 2.35. The summed E-state index contributed by atoms with van der Waals surface area (Å²) in [6, 6.07) is 8.36. The van der Waals surface area contributed by atoms with Crippen LogP contribution in [0.3, 0.4) is 0 Å². The van der Waals surface area contributed by atoms with Crippen molar-refractivity contribution in [1.29, 1.82) is 0 Å². The molecule has 0 saturated heterocycles. The van der Waals surface area contributed by atoms with Gasteiger partial charge >= 0.3 is 0 Å². The lowest BCUT2D eigenvalue weighted by atomic mass is 9.66. The fourth-order valence-corrected chi connectivity index (χ4v) is 3.35. The summed E-state index contributed by atoms with van der Waals surface area (Å²) in [5.41, 5.74) is 4.29. The molecule has 1 N–H and O–H groups in total. The molecule has 0 fully saturated rings. The van der Waals surface area contributed by atoms with Gasteiger partial charge < -0.3 is 5.11 Å². The second-order valence-corrected chi connectivity index (χ2v) is 8.68. The molecule has 0 bridgehead atoms. The number of fused-ring (bicyclic) bond motifs is 1. The smallest absolute Gasteiger partial charge is 0.0830 e. The third-order valence-electron chi connectivity index (χ3n) is 4.43. The highest BCUT2D eigenvalue weighted by Gasteiger charge is 2.34. The number of aliphatic hydroxyl groups excluding tert-OH is 1. The number of aliphatic hydroxyl groups is 1. The minimum Gasteiger partial charge on any atom is -0.388 e. The monoisotopic (exact) mass is 286 g/mol. The predicted molar refractivity (Wildman–Crippen MR) is 91.0 cm³/mol. The lowest BCUT2D eigenvalue weighted by Crippen LogP contribution is -2.28. The highest BCUT2D eigenvalue weighted by atomic mass is 16.3. The summed E-state index contributed by atoms with van der Waals surface area (Å²) in [6.07, 6.45) is 3.82. The maximum Gasteiger partial charge on any atom is 0.0830 e. The van der Waals surface area contributed by atoms with Crippen molar-refractivity contribution in [2.24, 2.45) is 16.7 Å². The van der Waals surface area contributed by atoms with Gasteiger partial charge in [-0.3, -0.25) is 0 Å². The van der Waals surface area contributed by atoms with Crippen LogP contribution in [0.1, 0.15) is 71.6 Å². The molecule has 0 aliphatic heterocycles. The zero-order chi connectivity index (χ0) is 15.8. The molecule has 1 heteroatoms. The Morgan fingerprint density at radius 2 is 1.71 bits per heavy atom. The van der Waals surface area contributed by atoms with E-state index in [0.717, 1.165) is 18.4 Å². The molecule has 2 unspecified atom stereocenters. The van der Waals surface area contributed by atoms with Crippen molar-refractivity contribution in [3.05, 3.63) is 41.5 Å². The summed E-state index contributed by atoms with van der Waals surface area (Å²) >= 11 is 0. The lowest BCUT2D eigenvalue weighted by molar-refractivity contribution is 0.176. The number of hydrogen-bond donors (Lipinski definition) is 1. The van der Waals surface area contributed by atoms with Gasteiger partial charge in [0.2, 0.25) is 0 Å². The Labute approximate surface area is 130 Å². The van der Waals surface area contributed by atoms with Crippen LogP contribution in [0, 0.1) is 16.7 Å². The summed E-state index contributed by atoms with van der Waals surface area (Å²) in [7, 11) is 0. The minimum absolute atomic E-state index is 0.217. The first-order valence-electron chi connectivity index (χ1n) is 8.07. The lowest BCUT2D eigenvalue weighted by Gasteiger charge is -2.39. The van der Waals surface area contributed by atoms with E-state index in [1.807, 2.05) is 6.07 Å². The van der Waals surface area contributed by atoms with E-state index in [1.54, 1.807) is 0 Å². The standard InChI is InChI=1S/C20H30O/c1-19(2,3)13-17(20(4,5)6)15-11-12-18(21)16-10-8-7-9-14(15)16/h7-11,17-18,21H,12-13H2,1-6H3. The van der Waals surface area contributed by atoms with E-state index in [9.17, 15) is 5.11 Å². The van der Waals surface area contributed by atoms with Gasteiger partial charge in [0.1, 0.15) is 0 Å². The summed E-state index contributed by atoms with van der Waals surface area (Å²) in [5.74, 6) is 0.506. The van der Waals surface area contributed by atoms with Crippen LogP contribution in [-0.4, -0.2) is 5.11 Å². The molecule has 0 amide bonds. The number of allylic oxidation sites excluding steroid dienone is 1. The molecule has 1 aliphatic rings. The maximum atomic E-state index is 10.3. The van der Waals surface area contributed by atoms with Gasteiger partial charge in [-0.1, -0.05) is 71.9 Å². The van der Waals surface area contributed by atoms with Crippen molar-refractivity contribution in [3.63, 3.8) is 0 Å². The Kier molecular flexibility index (Phi) is 4.35. The van der Waals surface area contributed by atoms with Crippen LogP contribution in [0.2, 0.25) is 0 Å². The Bertz CT molecular complexity index is 526. The van der Waals surface area contributed by atoms with Gasteiger partial charge in [0.15, 0.2) is 0 Å². The molecule has 1 aliphatic carbocycles. The third kappa shape index (κ3) is 3.77. The van der Waals surface area contributed by atoms with Crippen LogP contribution in [0.15, 0.2) is 30.3 Å². The fourth-order valence-electron chi connectivity index (χ4n) is 3.35. The molecule has 0 aromatic heterocycles. The van der Waals surface area contributed by atoms with Gasteiger partial charge in [-0.15, -0.1) is 0 Å². The van der Waals surface area contributed by atoms with Crippen LogP contribution in [0.4, 0.5) is 0 Å². The third-order valence-corrected chi connectivity index (χ3v) is 4.43. The SMILES string of the molecule is CC(C)(C)CC(C1=CCC(O)c2ccccc21)C(C)(C)C. The molecule has 2 atom stereocenters. The first-order valence-corrected chi connectivity index (χ1v) is 8.07. The van der Waals surface area contributed by atoms with E-state index >= 15 is 0 Å². The Morgan fingerprint density at radius 1 is 1.10 bits per heavy atom. The molecule has 2 rings (SSSR count). The maximum absolute atomic E-state index is 10.3. The van der Waals surface area contributed by atoms with E-state index in [4.69, 9.17) is 0 Å². The second-order valence-electron chi connectivity index (χ2n) is 8.68. The molecule has 0 radical (unpaired) electrons. The van der Waals surface area contributed by atoms with Crippen LogP contribution in [0.5, 0.6) is 0 Å². The van der Waals surface area contributed by atoms with Gasteiger partial charge in [-0.2, -0.15) is 0 Å². The Hall–Kier alpha value is -1.08. The van der Waals surface area contributed by atoms with E-state index in [0.29, 0.717) is 11.3 Å². The van der Waals surface area contributed by atoms with E-state index in [2.05, 4.69) is 65.8 Å². The first-order chi connectivity index (χ1) is 9.59. The second kappa shape index (κ2) is 5.61. The molecule has 116 valence electrons. The summed E-state index contributed by atoms with van der Waals surface area (Å²) < 4.78 is 0. The zero-order valence-corrected chi connectivity index (χ0v) is 14.4. The normalized spacial score (nSPS) is 20.7. The van der Waals surface area contributed by atoms with Gasteiger partial charge in [-0.25, -0.2) is 0 Å². The van der Waals surface area contributed by atoms with Gasteiger partial charge in [0.25, 0.3) is 0 Å². The first kappa shape index (κ1) is 16.3. The van der Waals surface area contributed by atoms with Crippen LogP contribution >= 0.6 is 0 Å². The minimum atomic E-state index is -0.347. The van der Waals surface area contributed by atoms with Crippen molar-refractivity contribution in [2.75, 3.05) is 0 Å². The summed E-state index contributed by atoms with van der Waals surface area (Å²) in [4.78, 5) is 0. The molecule has 21 heavy (non-hydrogen) atoms. The molecular weight excluding hydrogens is 256 g/mol. The van der Waals surface area contributed by atoms with E-state index < -0.39 is 0 Å². The molecule has 1 aromatic carbocycles. The molecule has 0 heterocycles. The Morgan fingerprint density at radius 3 is 2.29 bits per heavy atom. The van der Waals surface area contributed by atoms with Crippen molar-refractivity contribution in [2.45, 2.75) is 60.5 Å². The van der Waals surface area contributed by atoms with Crippen molar-refractivity contribution >= 4 is 5.57 Å². The molecule has 1 nitrogen and oxygen atoms in total. The fraction of sp³-hybridized carbons (Fsp3) is 0.600. The number of benzene rings is 1. The predicted octanol–water partition coefficient (Wildman–Crippen LogP) is 5.61. The van der Waals surface area contributed by atoms with Crippen molar-refractivity contribution in [1.82, 2.24) is 0 Å². The van der Waals surface area contributed by atoms with Crippen LogP contribution < -0.4 is 0 Å². The van der Waals surface area contributed by atoms with Crippen molar-refractivity contribution < 1.29 is 5.11 Å². The number of hydrogen-bond acceptors (Lipinski definition) is 1. The molecule has 0 spiro atoms. The van der Waals surface area contributed by atoms with Crippen molar-refractivity contribution in [3.8, 4) is 0 Å². The zero-order valence-electron chi connectivity index (χ0n) is 14.4.